The molecule has 5 atom stereocenters. The molecule has 10 nitrogen and oxygen atoms in total. The maximum atomic E-state index is 12.8. The van der Waals surface area contributed by atoms with E-state index in [0.29, 0.717) is 0 Å². The van der Waals surface area contributed by atoms with Gasteiger partial charge < -0.3 is 45.2 Å². The number of hydrogen-bond acceptors (Lipinski definition) is 10. The molecule has 156 valence electrons. The molecule has 0 amide bonds. The Hall–Kier alpha value is -2.89. The molecule has 0 aliphatic carbocycles. The van der Waals surface area contributed by atoms with Crippen LogP contribution in [0.5, 0.6) is 23.0 Å². The summed E-state index contributed by atoms with van der Waals surface area (Å²) < 4.78 is 10.7. The fraction of sp³-hybridized carbons (Fsp3) is 0.316. The molecule has 0 radical (unpaired) electrons. The molecular formula is C19H20O10. The predicted octanol–water partition coefficient (Wildman–Crippen LogP) is -0.787. The van der Waals surface area contributed by atoms with Gasteiger partial charge in [-0.25, -0.2) is 0 Å². The topological polar surface area (TPSA) is 177 Å². The van der Waals surface area contributed by atoms with E-state index in [1.807, 2.05) is 0 Å². The normalized spacial score (nSPS) is 26.8. The number of hydrogen-bond donors (Lipinski definition) is 7. The first-order chi connectivity index (χ1) is 13.7. The molecule has 0 bridgehead atoms. The van der Waals surface area contributed by atoms with Crippen LogP contribution in [0.2, 0.25) is 0 Å². The quantitative estimate of drug-likeness (QED) is 0.310. The second kappa shape index (κ2) is 8.23. The van der Waals surface area contributed by atoms with Crippen LogP contribution >= 0.6 is 0 Å². The van der Waals surface area contributed by atoms with E-state index in [2.05, 4.69) is 0 Å². The lowest BCUT2D eigenvalue weighted by molar-refractivity contribution is -0.277. The van der Waals surface area contributed by atoms with Gasteiger partial charge in [-0.15, -0.1) is 0 Å². The summed E-state index contributed by atoms with van der Waals surface area (Å²) in [6.07, 6.45) is -7.95. The molecule has 0 spiro atoms. The maximum absolute atomic E-state index is 12.8. The van der Waals surface area contributed by atoms with Crippen LogP contribution < -0.4 is 4.74 Å². The van der Waals surface area contributed by atoms with E-state index in [0.717, 1.165) is 12.1 Å². The van der Waals surface area contributed by atoms with Crippen molar-refractivity contribution in [2.75, 3.05) is 6.61 Å². The Balaban J connectivity index is 1.97. The van der Waals surface area contributed by atoms with Crippen LogP contribution in [-0.4, -0.2) is 78.8 Å². The summed E-state index contributed by atoms with van der Waals surface area (Å²) in [7, 11) is 0. The molecule has 1 aliphatic heterocycles. The molecule has 7 N–H and O–H groups in total. The Bertz CT molecular complexity index is 879. The van der Waals surface area contributed by atoms with Gasteiger partial charge in [-0.1, -0.05) is 0 Å². The van der Waals surface area contributed by atoms with Crippen molar-refractivity contribution < 1.29 is 50.0 Å². The van der Waals surface area contributed by atoms with Crippen molar-refractivity contribution in [3.05, 3.63) is 47.5 Å². The fourth-order valence-corrected chi connectivity index (χ4v) is 2.95. The molecule has 0 saturated carbocycles. The highest BCUT2D eigenvalue weighted by atomic mass is 16.7. The summed E-state index contributed by atoms with van der Waals surface area (Å²) >= 11 is 0. The van der Waals surface area contributed by atoms with E-state index in [9.17, 15) is 40.5 Å². The number of ketones is 1. The lowest BCUT2D eigenvalue weighted by Gasteiger charge is -2.39. The summed E-state index contributed by atoms with van der Waals surface area (Å²) in [6, 6.07) is 7.05. The first kappa shape index (κ1) is 20.8. The zero-order valence-electron chi connectivity index (χ0n) is 14.9. The fourth-order valence-electron chi connectivity index (χ4n) is 2.95. The van der Waals surface area contributed by atoms with Gasteiger partial charge in [-0.2, -0.15) is 0 Å². The summed E-state index contributed by atoms with van der Waals surface area (Å²) in [5.74, 6) is -2.24. The number of aromatic hydroxyl groups is 3. The smallest absolute Gasteiger partial charge is 0.229 e. The van der Waals surface area contributed by atoms with Gasteiger partial charge in [0.15, 0.2) is 0 Å². The predicted molar refractivity (Wildman–Crippen MR) is 95.7 cm³/mol. The molecule has 0 aromatic heterocycles. The third-order valence-electron chi connectivity index (χ3n) is 4.51. The van der Waals surface area contributed by atoms with Crippen LogP contribution in [0.1, 0.15) is 15.9 Å². The minimum atomic E-state index is -1.76. The molecule has 2 aromatic carbocycles. The molecule has 1 fully saturated rings. The van der Waals surface area contributed by atoms with Crippen LogP contribution in [0, 0.1) is 0 Å². The van der Waals surface area contributed by atoms with Crippen molar-refractivity contribution in [3.63, 3.8) is 0 Å². The number of aliphatic hydroxyl groups is 4. The molecule has 0 unspecified atom stereocenters. The van der Waals surface area contributed by atoms with Crippen LogP contribution in [-0.2, 0) is 4.74 Å². The van der Waals surface area contributed by atoms with E-state index in [4.69, 9.17) is 9.47 Å². The largest absolute Gasteiger partial charge is 0.508 e. The highest BCUT2D eigenvalue weighted by molar-refractivity contribution is 6.12. The van der Waals surface area contributed by atoms with Gasteiger partial charge in [0.2, 0.25) is 12.1 Å². The average molecular weight is 408 g/mol. The van der Waals surface area contributed by atoms with Crippen molar-refractivity contribution in [1.29, 1.82) is 0 Å². The SMILES string of the molecule is O=C(c1ccc(O)cc1)c1c(O)cc(O)cc1O[C@@H]1O[C@H](CO)[C@@H](O)[C@H](O)[C@H]1O. The molecule has 29 heavy (non-hydrogen) atoms. The number of phenols is 3. The van der Waals surface area contributed by atoms with E-state index in [-0.39, 0.29) is 22.6 Å². The van der Waals surface area contributed by atoms with Gasteiger partial charge in [0.05, 0.1) is 6.61 Å². The van der Waals surface area contributed by atoms with E-state index >= 15 is 0 Å². The number of carbonyl (C=O) groups is 1. The number of rotatable bonds is 5. The van der Waals surface area contributed by atoms with E-state index < -0.39 is 54.6 Å². The van der Waals surface area contributed by atoms with Crippen molar-refractivity contribution in [1.82, 2.24) is 0 Å². The van der Waals surface area contributed by atoms with Crippen LogP contribution in [0.3, 0.4) is 0 Å². The Labute approximate surface area is 164 Å². The van der Waals surface area contributed by atoms with Crippen LogP contribution in [0.25, 0.3) is 0 Å². The maximum Gasteiger partial charge on any atom is 0.229 e. The Morgan fingerprint density at radius 3 is 2.21 bits per heavy atom. The Kier molecular flexibility index (Phi) is 5.91. The van der Waals surface area contributed by atoms with Crippen LogP contribution in [0.15, 0.2) is 36.4 Å². The highest BCUT2D eigenvalue weighted by Crippen LogP contribution is 2.36. The molecule has 2 aromatic rings. The Morgan fingerprint density at radius 2 is 1.59 bits per heavy atom. The number of ether oxygens (including phenoxy) is 2. The Morgan fingerprint density at radius 1 is 0.931 bits per heavy atom. The molecule has 1 aliphatic rings. The summed E-state index contributed by atoms with van der Waals surface area (Å²) in [5.41, 5.74) is -0.284. The molecule has 10 heteroatoms. The number of aliphatic hydroxyl groups excluding tert-OH is 4. The molecule has 1 heterocycles. The van der Waals surface area contributed by atoms with Gasteiger partial charge >= 0.3 is 0 Å². The van der Waals surface area contributed by atoms with Crippen molar-refractivity contribution >= 4 is 5.78 Å². The van der Waals surface area contributed by atoms with Gasteiger partial charge in [0, 0.05) is 17.7 Å². The second-order valence-corrected chi connectivity index (χ2v) is 6.53. The first-order valence-electron chi connectivity index (χ1n) is 8.59. The average Bonchev–Trinajstić information content (AvgIpc) is 2.68. The lowest BCUT2D eigenvalue weighted by atomic mass is 9.99. The van der Waals surface area contributed by atoms with E-state index in [1.165, 1.54) is 24.3 Å². The van der Waals surface area contributed by atoms with Gasteiger partial charge in [-0.3, -0.25) is 4.79 Å². The van der Waals surface area contributed by atoms with Crippen molar-refractivity contribution in [2.45, 2.75) is 30.7 Å². The van der Waals surface area contributed by atoms with E-state index in [1.54, 1.807) is 0 Å². The summed E-state index contributed by atoms with van der Waals surface area (Å²) in [5, 5.41) is 68.4. The molecular weight excluding hydrogens is 388 g/mol. The zero-order valence-corrected chi connectivity index (χ0v) is 14.9. The number of benzene rings is 2. The second-order valence-electron chi connectivity index (χ2n) is 6.53. The van der Waals surface area contributed by atoms with Crippen molar-refractivity contribution in [2.24, 2.45) is 0 Å². The lowest BCUT2D eigenvalue weighted by Crippen LogP contribution is -2.60. The van der Waals surface area contributed by atoms with Gasteiger partial charge in [0.1, 0.15) is 53.0 Å². The minimum Gasteiger partial charge on any atom is -0.508 e. The number of carbonyl (C=O) groups excluding carboxylic acids is 1. The third-order valence-corrected chi connectivity index (χ3v) is 4.51. The third kappa shape index (κ3) is 4.11. The monoisotopic (exact) mass is 408 g/mol. The number of phenolic OH excluding ortho intramolecular Hbond substituents is 3. The zero-order chi connectivity index (χ0) is 21.3. The first-order valence-corrected chi connectivity index (χ1v) is 8.59. The highest BCUT2D eigenvalue weighted by Gasteiger charge is 2.45. The van der Waals surface area contributed by atoms with Crippen molar-refractivity contribution in [3.8, 4) is 23.0 Å². The summed E-state index contributed by atoms with van der Waals surface area (Å²) in [4.78, 5) is 12.8. The summed E-state index contributed by atoms with van der Waals surface area (Å²) in [6.45, 7) is -0.685. The van der Waals surface area contributed by atoms with Gasteiger partial charge in [-0.05, 0) is 24.3 Å². The molecule has 3 rings (SSSR count). The standard InChI is InChI=1S/C19H20O10/c20-7-13-16(25)17(26)18(27)19(29-13)28-12-6-10(22)5-11(23)14(12)15(24)8-1-3-9(21)4-2-8/h1-6,13,16-23,25-27H,7H2/t13-,16-,17+,18-,19-/m1/s1. The van der Waals surface area contributed by atoms with Gasteiger partial charge in [0.25, 0.3) is 0 Å². The molecule has 1 saturated heterocycles. The van der Waals surface area contributed by atoms with Crippen LogP contribution in [0.4, 0.5) is 0 Å². The minimum absolute atomic E-state index is 0.0747.